The lowest BCUT2D eigenvalue weighted by Crippen LogP contribution is -2.49. The van der Waals surface area contributed by atoms with Crippen molar-refractivity contribution in [3.8, 4) is 0 Å². The number of thiophene rings is 1. The number of hydrogen-bond donors (Lipinski definition) is 1. The lowest BCUT2D eigenvalue weighted by Gasteiger charge is -2.40. The summed E-state index contributed by atoms with van der Waals surface area (Å²) in [6.45, 7) is 6.57. The molecule has 0 bridgehead atoms. The summed E-state index contributed by atoms with van der Waals surface area (Å²) in [4.78, 5) is 3.55. The van der Waals surface area contributed by atoms with Gasteiger partial charge in [-0.25, -0.2) is 0 Å². The van der Waals surface area contributed by atoms with E-state index >= 15 is 0 Å². The van der Waals surface area contributed by atoms with Gasteiger partial charge in [-0.1, -0.05) is 6.92 Å². The number of hydrogen-bond acceptors (Lipinski definition) is 3. The molecule has 1 rings (SSSR count). The zero-order valence-electron chi connectivity index (χ0n) is 10.4. The van der Waals surface area contributed by atoms with Crippen molar-refractivity contribution in [1.29, 1.82) is 0 Å². The summed E-state index contributed by atoms with van der Waals surface area (Å²) in [5.74, 6) is 0. The van der Waals surface area contributed by atoms with Gasteiger partial charge in [0.2, 0.25) is 0 Å². The highest BCUT2D eigenvalue weighted by molar-refractivity contribution is 7.10. The molecule has 0 aliphatic rings. The molecule has 0 saturated carbocycles. The van der Waals surface area contributed by atoms with E-state index in [0.717, 1.165) is 6.42 Å². The molecular formula is C12H22N2S. The average Bonchev–Trinajstić information content (AvgIpc) is 2.61. The second-order valence-corrected chi connectivity index (χ2v) is 5.50. The molecule has 1 aromatic rings. The number of likely N-dealkylation sites (N-methyl/N-ethyl adjacent to an activating group) is 1. The Labute approximate surface area is 97.1 Å². The van der Waals surface area contributed by atoms with Crippen molar-refractivity contribution in [1.82, 2.24) is 4.90 Å². The Morgan fingerprint density at radius 2 is 2.13 bits per heavy atom. The Balaban J connectivity index is 3.02. The fourth-order valence-corrected chi connectivity index (χ4v) is 2.87. The van der Waals surface area contributed by atoms with E-state index in [0.29, 0.717) is 0 Å². The van der Waals surface area contributed by atoms with Crippen LogP contribution in [-0.2, 0) is 0 Å². The lowest BCUT2D eigenvalue weighted by molar-refractivity contribution is 0.133. The van der Waals surface area contributed by atoms with Crippen LogP contribution in [0.4, 0.5) is 0 Å². The van der Waals surface area contributed by atoms with Gasteiger partial charge in [0.25, 0.3) is 0 Å². The first-order chi connectivity index (χ1) is 6.93. The summed E-state index contributed by atoms with van der Waals surface area (Å²) < 4.78 is 0. The number of aryl methyl sites for hydroxylation is 1. The summed E-state index contributed by atoms with van der Waals surface area (Å²) in [7, 11) is 4.21. The first kappa shape index (κ1) is 12.7. The van der Waals surface area contributed by atoms with Crippen molar-refractivity contribution in [3.63, 3.8) is 0 Å². The van der Waals surface area contributed by atoms with Gasteiger partial charge < -0.3 is 10.6 Å². The van der Waals surface area contributed by atoms with Crippen LogP contribution in [0.2, 0.25) is 0 Å². The second kappa shape index (κ2) is 4.64. The number of nitrogens with two attached hydrogens (primary N) is 1. The third kappa shape index (κ3) is 2.25. The minimum Gasteiger partial charge on any atom is -0.322 e. The van der Waals surface area contributed by atoms with Crippen molar-refractivity contribution in [2.75, 3.05) is 14.1 Å². The van der Waals surface area contributed by atoms with E-state index in [1.807, 2.05) is 0 Å². The van der Waals surface area contributed by atoms with Gasteiger partial charge in [0, 0.05) is 10.4 Å². The Morgan fingerprint density at radius 1 is 1.53 bits per heavy atom. The zero-order valence-corrected chi connectivity index (χ0v) is 11.2. The highest BCUT2D eigenvalue weighted by atomic mass is 32.1. The fourth-order valence-electron chi connectivity index (χ4n) is 1.80. The van der Waals surface area contributed by atoms with Crippen LogP contribution in [-0.4, -0.2) is 24.5 Å². The van der Waals surface area contributed by atoms with E-state index < -0.39 is 0 Å². The largest absolute Gasteiger partial charge is 0.322 e. The summed E-state index contributed by atoms with van der Waals surface area (Å²) >= 11 is 1.77. The van der Waals surface area contributed by atoms with Gasteiger partial charge in [-0.15, -0.1) is 11.3 Å². The topological polar surface area (TPSA) is 29.3 Å². The summed E-state index contributed by atoms with van der Waals surface area (Å²) in [5.41, 5.74) is 7.75. The molecular weight excluding hydrogens is 204 g/mol. The van der Waals surface area contributed by atoms with E-state index in [1.165, 1.54) is 10.4 Å². The predicted octanol–water partition coefficient (Wildman–Crippen LogP) is 2.79. The molecule has 0 aromatic carbocycles. The van der Waals surface area contributed by atoms with Gasteiger partial charge in [0.05, 0.1) is 6.04 Å². The van der Waals surface area contributed by atoms with E-state index in [-0.39, 0.29) is 11.6 Å². The summed E-state index contributed by atoms with van der Waals surface area (Å²) in [5, 5.41) is 2.12. The quantitative estimate of drug-likeness (QED) is 0.855. The van der Waals surface area contributed by atoms with Crippen molar-refractivity contribution < 1.29 is 0 Å². The minimum absolute atomic E-state index is 0.0373. The van der Waals surface area contributed by atoms with Gasteiger partial charge in [-0.05, 0) is 51.4 Å². The van der Waals surface area contributed by atoms with Gasteiger partial charge in [-0.2, -0.15) is 0 Å². The molecule has 2 unspecified atom stereocenters. The molecule has 86 valence electrons. The molecule has 0 fully saturated rings. The molecule has 0 radical (unpaired) electrons. The monoisotopic (exact) mass is 226 g/mol. The Morgan fingerprint density at radius 3 is 2.47 bits per heavy atom. The van der Waals surface area contributed by atoms with Gasteiger partial charge in [-0.3, -0.25) is 0 Å². The Hall–Kier alpha value is -0.380. The minimum atomic E-state index is 0.0373. The maximum absolute atomic E-state index is 6.40. The molecule has 2 N–H and O–H groups in total. The smallest absolute Gasteiger partial charge is 0.0576 e. The van der Waals surface area contributed by atoms with Gasteiger partial charge >= 0.3 is 0 Å². The highest BCUT2D eigenvalue weighted by Crippen LogP contribution is 2.34. The van der Waals surface area contributed by atoms with Crippen LogP contribution in [0.15, 0.2) is 11.4 Å². The van der Waals surface area contributed by atoms with Crippen molar-refractivity contribution in [3.05, 3.63) is 21.9 Å². The zero-order chi connectivity index (χ0) is 11.6. The van der Waals surface area contributed by atoms with Gasteiger partial charge in [0.1, 0.15) is 0 Å². The van der Waals surface area contributed by atoms with Crippen molar-refractivity contribution in [2.45, 2.75) is 38.8 Å². The molecule has 0 saturated heterocycles. The van der Waals surface area contributed by atoms with E-state index in [9.17, 15) is 0 Å². The number of rotatable bonds is 4. The molecule has 1 heterocycles. The third-order valence-electron chi connectivity index (χ3n) is 3.59. The average molecular weight is 226 g/mol. The molecule has 2 atom stereocenters. The van der Waals surface area contributed by atoms with Crippen LogP contribution in [0, 0.1) is 6.92 Å². The van der Waals surface area contributed by atoms with Gasteiger partial charge in [0.15, 0.2) is 0 Å². The first-order valence-corrected chi connectivity index (χ1v) is 6.28. The first-order valence-electron chi connectivity index (χ1n) is 5.40. The standard InChI is InChI=1S/C12H22N2S/c1-6-12(3,14(4)5)11(13)10-9(2)7-8-15-10/h7-8,11H,6,13H2,1-5H3. The third-order valence-corrected chi connectivity index (χ3v) is 4.69. The molecule has 0 aliphatic carbocycles. The number of nitrogens with zero attached hydrogens (tertiary/aromatic N) is 1. The molecule has 15 heavy (non-hydrogen) atoms. The van der Waals surface area contributed by atoms with Crippen molar-refractivity contribution in [2.24, 2.45) is 5.73 Å². The van der Waals surface area contributed by atoms with Crippen molar-refractivity contribution >= 4 is 11.3 Å². The summed E-state index contributed by atoms with van der Waals surface area (Å²) in [6, 6.07) is 2.24. The SMILES string of the molecule is CCC(C)(C(N)c1sccc1C)N(C)C. The Bertz CT molecular complexity index is 319. The highest BCUT2D eigenvalue weighted by Gasteiger charge is 2.34. The molecule has 0 aliphatic heterocycles. The predicted molar refractivity (Wildman–Crippen MR) is 68.4 cm³/mol. The molecule has 3 heteroatoms. The lowest BCUT2D eigenvalue weighted by atomic mass is 9.86. The van der Waals surface area contributed by atoms with Crippen LogP contribution in [0.1, 0.15) is 36.8 Å². The molecule has 1 aromatic heterocycles. The maximum atomic E-state index is 6.40. The molecule has 0 spiro atoms. The van der Waals surface area contributed by atoms with Crippen LogP contribution >= 0.6 is 11.3 Å². The van der Waals surface area contributed by atoms with Crippen LogP contribution in [0.3, 0.4) is 0 Å². The maximum Gasteiger partial charge on any atom is 0.0576 e. The van der Waals surface area contributed by atoms with Crippen LogP contribution in [0.25, 0.3) is 0 Å². The summed E-state index contributed by atoms with van der Waals surface area (Å²) in [6.07, 6.45) is 1.05. The van der Waals surface area contributed by atoms with Crippen LogP contribution in [0.5, 0.6) is 0 Å². The Kier molecular flexibility index (Phi) is 3.93. The molecule has 2 nitrogen and oxygen atoms in total. The fraction of sp³-hybridized carbons (Fsp3) is 0.667. The second-order valence-electron chi connectivity index (χ2n) is 4.55. The van der Waals surface area contributed by atoms with E-state index in [1.54, 1.807) is 11.3 Å². The van der Waals surface area contributed by atoms with Crippen LogP contribution < -0.4 is 5.73 Å². The molecule has 0 amide bonds. The normalized spacial score (nSPS) is 17.8. The van der Waals surface area contributed by atoms with E-state index in [4.69, 9.17) is 5.73 Å². The van der Waals surface area contributed by atoms with E-state index in [2.05, 4.69) is 51.2 Å².